The van der Waals surface area contributed by atoms with Crippen molar-refractivity contribution in [2.24, 2.45) is 0 Å². The van der Waals surface area contributed by atoms with E-state index in [2.05, 4.69) is 58.1 Å². The van der Waals surface area contributed by atoms with Crippen LogP contribution in [-0.4, -0.2) is 16.0 Å². The Balaban J connectivity index is 1.78. The molecule has 2 N–H and O–H groups in total. The van der Waals surface area contributed by atoms with E-state index in [0.29, 0.717) is 6.04 Å². The van der Waals surface area contributed by atoms with E-state index in [-0.39, 0.29) is 6.04 Å². The summed E-state index contributed by atoms with van der Waals surface area (Å²) in [6, 6.07) is 16.7. The molecule has 0 saturated heterocycles. The van der Waals surface area contributed by atoms with Crippen molar-refractivity contribution in [2.45, 2.75) is 25.4 Å². The minimum atomic E-state index is 0.0722. The van der Waals surface area contributed by atoms with Crippen molar-refractivity contribution < 1.29 is 0 Å². The van der Waals surface area contributed by atoms with Crippen LogP contribution in [0, 0.1) is 0 Å². The molecule has 1 aliphatic rings. The smallest absolute Gasteiger partial charge is 0.159 e. The first kappa shape index (κ1) is 16.2. The van der Waals surface area contributed by atoms with Gasteiger partial charge in [-0.2, -0.15) is 0 Å². The zero-order valence-electron chi connectivity index (χ0n) is 13.9. The molecule has 2 aromatic carbocycles. The fraction of sp³-hybridized carbons (Fsp3) is 0.200. The van der Waals surface area contributed by atoms with Gasteiger partial charge in [-0.05, 0) is 54.3 Å². The fourth-order valence-electron chi connectivity index (χ4n) is 3.25. The molecule has 4 nitrogen and oxygen atoms in total. The van der Waals surface area contributed by atoms with Gasteiger partial charge in [-0.15, -0.1) is 0 Å². The maximum Gasteiger partial charge on any atom is 0.159 e. The Kier molecular flexibility index (Phi) is 4.49. The lowest BCUT2D eigenvalue weighted by Crippen LogP contribution is -2.40. The Morgan fingerprint density at radius 2 is 1.76 bits per heavy atom. The molecule has 25 heavy (non-hydrogen) atoms. The van der Waals surface area contributed by atoms with Crippen LogP contribution in [0.25, 0.3) is 11.4 Å². The molecule has 0 amide bonds. The van der Waals surface area contributed by atoms with Crippen molar-refractivity contribution >= 4 is 11.6 Å². The van der Waals surface area contributed by atoms with E-state index in [1.807, 2.05) is 18.2 Å². The average Bonchev–Trinajstić information content (AvgIpc) is 2.81. The van der Waals surface area contributed by atoms with E-state index < -0.39 is 0 Å². The topological polar surface area (TPSA) is 49.8 Å². The first-order valence-corrected chi connectivity index (χ1v) is 8.75. The third-order valence-corrected chi connectivity index (χ3v) is 4.73. The van der Waals surface area contributed by atoms with Gasteiger partial charge >= 0.3 is 0 Å². The van der Waals surface area contributed by atoms with Crippen LogP contribution in [0.5, 0.6) is 0 Å². The van der Waals surface area contributed by atoms with Crippen molar-refractivity contribution in [3.8, 4) is 11.4 Å². The number of rotatable bonds is 2. The Bertz CT molecular complexity index is 865. The third kappa shape index (κ3) is 3.42. The number of hydrazine groups is 1. The van der Waals surface area contributed by atoms with Gasteiger partial charge in [0.1, 0.15) is 0 Å². The predicted octanol–water partition coefficient (Wildman–Crippen LogP) is 3.93. The summed E-state index contributed by atoms with van der Waals surface area (Å²) < 4.78 is 0. The fourth-order valence-corrected chi connectivity index (χ4v) is 3.38. The zero-order chi connectivity index (χ0) is 17.2. The summed E-state index contributed by atoms with van der Waals surface area (Å²) in [5.41, 5.74) is 11.6. The summed E-state index contributed by atoms with van der Waals surface area (Å²) in [6.45, 7) is 2.17. The van der Waals surface area contributed by atoms with Crippen LogP contribution < -0.4 is 10.9 Å². The number of nitrogens with zero attached hydrogens (tertiary/aromatic N) is 2. The van der Waals surface area contributed by atoms with Crippen molar-refractivity contribution in [3.63, 3.8) is 0 Å². The molecule has 0 aliphatic carbocycles. The summed E-state index contributed by atoms with van der Waals surface area (Å²) in [6.07, 6.45) is 4.49. The van der Waals surface area contributed by atoms with Crippen molar-refractivity contribution in [1.82, 2.24) is 20.8 Å². The van der Waals surface area contributed by atoms with Crippen LogP contribution in [0.2, 0.25) is 5.02 Å². The monoisotopic (exact) mass is 350 g/mol. The van der Waals surface area contributed by atoms with Gasteiger partial charge in [0.2, 0.25) is 0 Å². The second kappa shape index (κ2) is 6.92. The molecule has 2 atom stereocenters. The Hall–Kier alpha value is -2.27. The molecule has 1 aromatic heterocycles. The summed E-state index contributed by atoms with van der Waals surface area (Å²) >= 11 is 6.04. The highest BCUT2D eigenvalue weighted by atomic mass is 35.5. The van der Waals surface area contributed by atoms with E-state index in [9.17, 15) is 0 Å². The highest BCUT2D eigenvalue weighted by molar-refractivity contribution is 6.30. The van der Waals surface area contributed by atoms with Gasteiger partial charge in [-0.25, -0.2) is 15.4 Å². The van der Waals surface area contributed by atoms with Gasteiger partial charge in [0.05, 0.1) is 6.04 Å². The molecule has 0 fully saturated rings. The summed E-state index contributed by atoms with van der Waals surface area (Å²) in [5, 5.41) is 0.746. The molecule has 5 heteroatoms. The highest BCUT2D eigenvalue weighted by Crippen LogP contribution is 2.31. The number of benzene rings is 2. The summed E-state index contributed by atoms with van der Waals surface area (Å²) in [7, 11) is 0. The number of halogens is 1. The second-order valence-corrected chi connectivity index (χ2v) is 6.80. The molecule has 2 unspecified atom stereocenters. The lowest BCUT2D eigenvalue weighted by atomic mass is 9.91. The van der Waals surface area contributed by atoms with Crippen LogP contribution in [0.4, 0.5) is 0 Å². The van der Waals surface area contributed by atoms with Crippen LogP contribution in [-0.2, 0) is 6.42 Å². The zero-order valence-corrected chi connectivity index (χ0v) is 14.7. The van der Waals surface area contributed by atoms with E-state index in [0.717, 1.165) is 22.8 Å². The SMILES string of the molecule is CC1Cc2cc(-c3ncccn3)ccc2C(c2ccc(Cl)cc2)NN1. The lowest BCUT2D eigenvalue weighted by molar-refractivity contribution is 0.434. The van der Waals surface area contributed by atoms with E-state index in [4.69, 9.17) is 11.6 Å². The van der Waals surface area contributed by atoms with Crippen LogP contribution in [0.3, 0.4) is 0 Å². The molecule has 0 bridgehead atoms. The van der Waals surface area contributed by atoms with Gasteiger partial charge < -0.3 is 0 Å². The summed E-state index contributed by atoms with van der Waals surface area (Å²) in [4.78, 5) is 8.74. The lowest BCUT2D eigenvalue weighted by Gasteiger charge is -2.20. The van der Waals surface area contributed by atoms with Gasteiger partial charge in [0, 0.05) is 29.0 Å². The molecular formula is C20H19ClN4. The van der Waals surface area contributed by atoms with E-state index in [1.165, 1.54) is 16.7 Å². The number of nitrogens with one attached hydrogen (secondary N) is 2. The number of hydrogen-bond acceptors (Lipinski definition) is 4. The second-order valence-electron chi connectivity index (χ2n) is 6.36. The van der Waals surface area contributed by atoms with Crippen LogP contribution >= 0.6 is 11.6 Å². The normalized spacial score (nSPS) is 19.9. The molecule has 126 valence electrons. The number of fused-ring (bicyclic) bond motifs is 1. The largest absolute Gasteiger partial charge is 0.254 e. The first-order chi connectivity index (χ1) is 12.2. The van der Waals surface area contributed by atoms with Crippen molar-refractivity contribution in [2.75, 3.05) is 0 Å². The van der Waals surface area contributed by atoms with E-state index in [1.54, 1.807) is 12.4 Å². The average molecular weight is 351 g/mol. The predicted molar refractivity (Wildman–Crippen MR) is 100 cm³/mol. The quantitative estimate of drug-likeness (QED) is 0.735. The van der Waals surface area contributed by atoms with Crippen LogP contribution in [0.15, 0.2) is 60.9 Å². The molecule has 2 heterocycles. The van der Waals surface area contributed by atoms with Gasteiger partial charge in [0.25, 0.3) is 0 Å². The van der Waals surface area contributed by atoms with Crippen molar-refractivity contribution in [1.29, 1.82) is 0 Å². The molecule has 1 aliphatic heterocycles. The van der Waals surface area contributed by atoms with Crippen molar-refractivity contribution in [3.05, 3.63) is 82.6 Å². The van der Waals surface area contributed by atoms with Gasteiger partial charge in [-0.1, -0.05) is 35.9 Å². The van der Waals surface area contributed by atoms with E-state index >= 15 is 0 Å². The molecular weight excluding hydrogens is 332 g/mol. The third-order valence-electron chi connectivity index (χ3n) is 4.48. The number of aromatic nitrogens is 2. The Morgan fingerprint density at radius 1 is 1.00 bits per heavy atom. The number of hydrogen-bond donors (Lipinski definition) is 2. The molecule has 3 aromatic rings. The molecule has 0 radical (unpaired) electrons. The maximum absolute atomic E-state index is 6.04. The Morgan fingerprint density at radius 3 is 2.52 bits per heavy atom. The minimum Gasteiger partial charge on any atom is -0.254 e. The van der Waals surface area contributed by atoms with Gasteiger partial charge in [-0.3, -0.25) is 5.43 Å². The maximum atomic E-state index is 6.04. The highest BCUT2D eigenvalue weighted by Gasteiger charge is 2.23. The minimum absolute atomic E-state index is 0.0722. The standard InChI is InChI=1S/C20H19ClN4/c1-13-11-16-12-15(20-22-9-2-10-23-20)5-8-18(16)19(25-24-13)14-3-6-17(21)7-4-14/h2-10,12-13,19,24-25H,11H2,1H3. The van der Waals surface area contributed by atoms with Crippen LogP contribution in [0.1, 0.15) is 29.7 Å². The molecule has 0 spiro atoms. The molecule has 4 rings (SSSR count). The summed E-state index contributed by atoms with van der Waals surface area (Å²) in [5.74, 6) is 0.756. The van der Waals surface area contributed by atoms with Gasteiger partial charge in [0.15, 0.2) is 5.82 Å². The first-order valence-electron chi connectivity index (χ1n) is 8.37. The Labute approximate surface area is 152 Å². The molecule has 0 saturated carbocycles.